The number of halogens is 1. The number of phenolic OH excluding ortho intramolecular Hbond substituents is 1. The lowest BCUT2D eigenvalue weighted by atomic mass is 10.1. The van der Waals surface area contributed by atoms with Crippen LogP contribution in [0.25, 0.3) is 11.3 Å². The largest absolute Gasteiger partial charge is 0.508 e. The van der Waals surface area contributed by atoms with E-state index in [-0.39, 0.29) is 24.2 Å². The van der Waals surface area contributed by atoms with Crippen molar-refractivity contribution in [2.45, 2.75) is 18.4 Å². The topological polar surface area (TPSA) is 82.9 Å². The van der Waals surface area contributed by atoms with Crippen molar-refractivity contribution in [1.29, 1.82) is 5.26 Å². The van der Waals surface area contributed by atoms with Gasteiger partial charge < -0.3 is 10.8 Å². The molecule has 3 rings (SSSR count). The molecule has 1 aromatic carbocycles. The van der Waals surface area contributed by atoms with E-state index in [9.17, 15) is 5.11 Å². The molecule has 2 atom stereocenters. The Labute approximate surface area is 123 Å². The maximum absolute atomic E-state index is 9.58. The van der Waals surface area contributed by atoms with Crippen LogP contribution in [-0.4, -0.2) is 16.1 Å². The minimum atomic E-state index is 0. The molecule has 102 valence electrons. The summed E-state index contributed by atoms with van der Waals surface area (Å²) >= 11 is 0. The SMILES string of the molecule is Cl.N#Cc1cc(O)cc(-c2ccc(C3CC3N)cn2)c1. The summed E-state index contributed by atoms with van der Waals surface area (Å²) in [4.78, 5) is 4.39. The van der Waals surface area contributed by atoms with Gasteiger partial charge in [0.25, 0.3) is 0 Å². The first-order chi connectivity index (χ1) is 9.17. The van der Waals surface area contributed by atoms with Gasteiger partial charge in [-0.1, -0.05) is 6.07 Å². The molecule has 0 amide bonds. The third kappa shape index (κ3) is 2.74. The van der Waals surface area contributed by atoms with Gasteiger partial charge in [-0.05, 0) is 36.2 Å². The highest BCUT2D eigenvalue weighted by molar-refractivity contribution is 5.85. The van der Waals surface area contributed by atoms with Crippen LogP contribution in [0.5, 0.6) is 5.75 Å². The van der Waals surface area contributed by atoms with Crippen LogP contribution in [0.15, 0.2) is 36.5 Å². The molecule has 1 saturated carbocycles. The van der Waals surface area contributed by atoms with Crippen LogP contribution in [0.2, 0.25) is 0 Å². The predicted octanol–water partition coefficient (Wildman–Crippen LogP) is 2.56. The van der Waals surface area contributed by atoms with Gasteiger partial charge >= 0.3 is 0 Å². The lowest BCUT2D eigenvalue weighted by Gasteiger charge is -2.04. The third-order valence-corrected chi connectivity index (χ3v) is 3.40. The molecule has 3 N–H and O–H groups in total. The van der Waals surface area contributed by atoms with Gasteiger partial charge in [0, 0.05) is 23.7 Å². The number of hydrogen-bond acceptors (Lipinski definition) is 4. The van der Waals surface area contributed by atoms with Gasteiger partial charge in [-0.3, -0.25) is 4.98 Å². The maximum Gasteiger partial charge on any atom is 0.117 e. The summed E-state index contributed by atoms with van der Waals surface area (Å²) in [6.45, 7) is 0. The Hall–Kier alpha value is -2.09. The molecule has 0 bridgehead atoms. The van der Waals surface area contributed by atoms with Crippen LogP contribution in [0.1, 0.15) is 23.5 Å². The van der Waals surface area contributed by atoms with Crippen LogP contribution in [0, 0.1) is 11.3 Å². The van der Waals surface area contributed by atoms with Crippen molar-refractivity contribution in [3.8, 4) is 23.1 Å². The van der Waals surface area contributed by atoms with Crippen molar-refractivity contribution >= 4 is 12.4 Å². The Bertz CT molecular complexity index is 664. The van der Waals surface area contributed by atoms with Crippen molar-refractivity contribution in [2.24, 2.45) is 5.73 Å². The van der Waals surface area contributed by atoms with Gasteiger partial charge in [0.1, 0.15) is 5.75 Å². The molecule has 1 aliphatic rings. The number of nitriles is 1. The van der Waals surface area contributed by atoms with Crippen molar-refractivity contribution in [3.63, 3.8) is 0 Å². The Kier molecular flexibility index (Phi) is 3.93. The lowest BCUT2D eigenvalue weighted by molar-refractivity contribution is 0.475. The molecule has 4 nitrogen and oxygen atoms in total. The van der Waals surface area contributed by atoms with E-state index in [1.54, 1.807) is 12.1 Å². The highest BCUT2D eigenvalue weighted by Gasteiger charge is 2.34. The molecule has 20 heavy (non-hydrogen) atoms. The van der Waals surface area contributed by atoms with Crippen LogP contribution in [0.3, 0.4) is 0 Å². The Morgan fingerprint density at radius 2 is 2.05 bits per heavy atom. The molecule has 1 aliphatic carbocycles. The first-order valence-electron chi connectivity index (χ1n) is 6.13. The summed E-state index contributed by atoms with van der Waals surface area (Å²) in [6.07, 6.45) is 2.84. The van der Waals surface area contributed by atoms with Crippen molar-refractivity contribution in [2.75, 3.05) is 0 Å². The maximum atomic E-state index is 9.58. The summed E-state index contributed by atoms with van der Waals surface area (Å²) in [5.41, 5.74) is 8.86. The monoisotopic (exact) mass is 287 g/mol. The quantitative estimate of drug-likeness (QED) is 0.889. The van der Waals surface area contributed by atoms with Crippen molar-refractivity contribution in [1.82, 2.24) is 4.98 Å². The molecule has 0 saturated heterocycles. The summed E-state index contributed by atoms with van der Waals surface area (Å²) < 4.78 is 0. The molecule has 2 aromatic rings. The fourth-order valence-electron chi connectivity index (χ4n) is 2.22. The minimum absolute atomic E-state index is 0. The van der Waals surface area contributed by atoms with Crippen LogP contribution in [0.4, 0.5) is 0 Å². The average Bonchev–Trinajstić information content (AvgIpc) is 3.15. The lowest BCUT2D eigenvalue weighted by Crippen LogP contribution is -2.01. The standard InChI is InChI=1S/C15H13N3O.ClH/c16-7-9-3-11(5-12(19)4-9)15-2-1-10(8-18-15)13-6-14(13)17;/h1-5,8,13-14,19H,6,17H2;1H. The molecule has 1 aromatic heterocycles. The number of phenols is 1. The van der Waals surface area contributed by atoms with Gasteiger partial charge in [0.2, 0.25) is 0 Å². The van der Waals surface area contributed by atoms with Crippen LogP contribution >= 0.6 is 12.4 Å². The minimum Gasteiger partial charge on any atom is -0.508 e. The van der Waals surface area contributed by atoms with E-state index in [2.05, 4.69) is 4.98 Å². The molecular formula is C15H14ClN3O. The zero-order chi connectivity index (χ0) is 13.4. The van der Waals surface area contributed by atoms with E-state index >= 15 is 0 Å². The second-order valence-electron chi connectivity index (χ2n) is 4.86. The van der Waals surface area contributed by atoms with E-state index in [1.807, 2.05) is 24.4 Å². The van der Waals surface area contributed by atoms with Gasteiger partial charge in [-0.2, -0.15) is 5.26 Å². The first kappa shape index (κ1) is 14.3. The number of nitrogens with two attached hydrogens (primary N) is 1. The number of nitrogens with zero attached hydrogens (tertiary/aromatic N) is 2. The number of hydrogen-bond donors (Lipinski definition) is 2. The summed E-state index contributed by atoms with van der Waals surface area (Å²) in [5, 5.41) is 18.5. The molecule has 0 aliphatic heterocycles. The van der Waals surface area contributed by atoms with Crippen molar-refractivity contribution in [3.05, 3.63) is 47.7 Å². The number of benzene rings is 1. The molecular weight excluding hydrogens is 274 g/mol. The molecule has 1 heterocycles. The van der Waals surface area contributed by atoms with E-state index in [0.717, 1.165) is 23.2 Å². The summed E-state index contributed by atoms with van der Waals surface area (Å²) in [5.74, 6) is 0.504. The van der Waals surface area contributed by atoms with Gasteiger partial charge in [-0.15, -0.1) is 12.4 Å². The molecule has 5 heteroatoms. The second-order valence-corrected chi connectivity index (χ2v) is 4.86. The second kappa shape index (κ2) is 5.49. The van der Waals surface area contributed by atoms with E-state index in [4.69, 9.17) is 11.0 Å². The van der Waals surface area contributed by atoms with Crippen LogP contribution < -0.4 is 5.73 Å². The Morgan fingerprint density at radius 1 is 1.30 bits per heavy atom. The van der Waals surface area contributed by atoms with Crippen molar-refractivity contribution < 1.29 is 5.11 Å². The molecule has 2 unspecified atom stereocenters. The number of rotatable bonds is 2. The van der Waals surface area contributed by atoms with E-state index in [1.165, 1.54) is 6.07 Å². The summed E-state index contributed by atoms with van der Waals surface area (Å²) in [6, 6.07) is 10.9. The number of aromatic nitrogens is 1. The molecule has 0 radical (unpaired) electrons. The highest BCUT2D eigenvalue weighted by Crippen LogP contribution is 2.39. The van der Waals surface area contributed by atoms with Crippen LogP contribution in [-0.2, 0) is 0 Å². The summed E-state index contributed by atoms with van der Waals surface area (Å²) in [7, 11) is 0. The first-order valence-corrected chi connectivity index (χ1v) is 6.13. The van der Waals surface area contributed by atoms with Gasteiger partial charge in [0.15, 0.2) is 0 Å². The fourth-order valence-corrected chi connectivity index (χ4v) is 2.22. The van der Waals surface area contributed by atoms with E-state index in [0.29, 0.717) is 11.5 Å². The number of pyridine rings is 1. The third-order valence-electron chi connectivity index (χ3n) is 3.40. The van der Waals surface area contributed by atoms with E-state index < -0.39 is 0 Å². The molecule has 1 fully saturated rings. The highest BCUT2D eigenvalue weighted by atomic mass is 35.5. The van der Waals surface area contributed by atoms with Gasteiger partial charge in [0.05, 0.1) is 17.3 Å². The normalized spacial score (nSPS) is 19.8. The van der Waals surface area contributed by atoms with Gasteiger partial charge in [-0.25, -0.2) is 0 Å². The predicted molar refractivity (Wildman–Crippen MR) is 78.6 cm³/mol. The Morgan fingerprint density at radius 3 is 2.60 bits per heavy atom. The zero-order valence-corrected chi connectivity index (χ0v) is 11.5. The Balaban J connectivity index is 0.00000147. The number of aromatic hydroxyl groups is 1. The average molecular weight is 288 g/mol. The molecule has 0 spiro atoms. The zero-order valence-electron chi connectivity index (χ0n) is 10.7. The smallest absolute Gasteiger partial charge is 0.117 e. The fraction of sp³-hybridized carbons (Fsp3) is 0.200.